The van der Waals surface area contributed by atoms with Crippen molar-refractivity contribution in [1.29, 1.82) is 0 Å². The van der Waals surface area contributed by atoms with Gasteiger partial charge in [-0.1, -0.05) is 38.1 Å². The van der Waals surface area contributed by atoms with Crippen molar-refractivity contribution in [2.75, 3.05) is 0 Å². The zero-order valence-electron chi connectivity index (χ0n) is 16.1. The van der Waals surface area contributed by atoms with Gasteiger partial charge in [-0.15, -0.1) is 0 Å². The Bertz CT molecular complexity index is 1110. The van der Waals surface area contributed by atoms with Crippen LogP contribution in [0.25, 0.3) is 22.6 Å². The Labute approximate surface area is 161 Å². The number of aromatic nitrogens is 4. The summed E-state index contributed by atoms with van der Waals surface area (Å²) in [7, 11) is 0. The second kappa shape index (κ2) is 8.24. The number of fused-ring (bicyclic) bond motifs is 1. The van der Waals surface area contributed by atoms with Crippen LogP contribution in [0.5, 0.6) is 0 Å². The van der Waals surface area contributed by atoms with Crippen LogP contribution in [0.15, 0.2) is 33.9 Å². The summed E-state index contributed by atoms with van der Waals surface area (Å²) in [6.45, 7) is 4.74. The lowest BCUT2D eigenvalue weighted by atomic mass is 10.1. The summed E-state index contributed by atoms with van der Waals surface area (Å²) >= 11 is 0. The minimum Gasteiger partial charge on any atom is -0.481 e. The van der Waals surface area contributed by atoms with E-state index in [-0.39, 0.29) is 17.7 Å². The number of hydrogen-bond acceptors (Lipinski definition) is 4. The Balaban J connectivity index is 2.07. The summed E-state index contributed by atoms with van der Waals surface area (Å²) in [5, 5.41) is 8.79. The Hall–Kier alpha value is -3.16. The molecule has 0 saturated heterocycles. The molecule has 0 spiro atoms. The minimum absolute atomic E-state index is 0.0737. The van der Waals surface area contributed by atoms with Crippen LogP contribution in [-0.4, -0.2) is 30.2 Å². The maximum Gasteiger partial charge on any atom is 0.332 e. The molecule has 2 aromatic heterocycles. The molecule has 0 aliphatic heterocycles. The lowest BCUT2D eigenvalue weighted by Crippen LogP contribution is -2.40. The molecule has 0 atom stereocenters. The fourth-order valence-corrected chi connectivity index (χ4v) is 3.23. The number of hydrogen-bond donors (Lipinski definition) is 2. The van der Waals surface area contributed by atoms with E-state index in [1.165, 1.54) is 4.57 Å². The first-order valence-electron chi connectivity index (χ1n) is 9.50. The number of aryl methyl sites for hydroxylation is 2. The fourth-order valence-electron chi connectivity index (χ4n) is 3.23. The number of rotatable bonds is 8. The van der Waals surface area contributed by atoms with Crippen molar-refractivity contribution in [2.45, 2.75) is 52.6 Å². The molecular formula is C20H24N4O4. The van der Waals surface area contributed by atoms with E-state index >= 15 is 0 Å². The van der Waals surface area contributed by atoms with Crippen molar-refractivity contribution in [3.63, 3.8) is 0 Å². The Kier molecular flexibility index (Phi) is 5.77. The van der Waals surface area contributed by atoms with Gasteiger partial charge in [-0.3, -0.25) is 18.7 Å². The van der Waals surface area contributed by atoms with Gasteiger partial charge in [0.05, 0.1) is 0 Å². The molecule has 8 nitrogen and oxygen atoms in total. The lowest BCUT2D eigenvalue weighted by molar-refractivity contribution is -0.136. The minimum atomic E-state index is -0.835. The number of aromatic amines is 1. The number of aliphatic carboxylic acids is 1. The summed E-state index contributed by atoms with van der Waals surface area (Å²) in [5.74, 6) is -0.325. The topological polar surface area (TPSA) is 110 Å². The van der Waals surface area contributed by atoms with E-state index in [4.69, 9.17) is 5.11 Å². The third kappa shape index (κ3) is 3.76. The molecule has 0 saturated carbocycles. The van der Waals surface area contributed by atoms with Crippen LogP contribution in [-0.2, 0) is 24.3 Å². The van der Waals surface area contributed by atoms with Gasteiger partial charge in [0.2, 0.25) is 0 Å². The second-order valence-electron chi connectivity index (χ2n) is 6.77. The van der Waals surface area contributed by atoms with Crippen LogP contribution in [0.2, 0.25) is 0 Å². The van der Waals surface area contributed by atoms with Crippen molar-refractivity contribution in [3.8, 4) is 11.4 Å². The van der Waals surface area contributed by atoms with E-state index < -0.39 is 5.97 Å². The lowest BCUT2D eigenvalue weighted by Gasteiger charge is -2.09. The smallest absolute Gasteiger partial charge is 0.332 e. The first kappa shape index (κ1) is 19.6. The van der Waals surface area contributed by atoms with E-state index in [1.54, 1.807) is 4.57 Å². The molecule has 2 N–H and O–H groups in total. The molecule has 0 fully saturated rings. The van der Waals surface area contributed by atoms with Crippen molar-refractivity contribution >= 4 is 17.1 Å². The predicted octanol–water partition coefficient (Wildman–Crippen LogP) is 2.39. The van der Waals surface area contributed by atoms with Gasteiger partial charge in [0.1, 0.15) is 11.3 Å². The summed E-state index contributed by atoms with van der Waals surface area (Å²) < 4.78 is 2.81. The van der Waals surface area contributed by atoms with Gasteiger partial charge in [-0.05, 0) is 24.8 Å². The maximum atomic E-state index is 12.8. The summed E-state index contributed by atoms with van der Waals surface area (Å²) in [5.41, 5.74) is 1.69. The molecule has 0 amide bonds. The standard InChI is InChI=1S/C20H24N4O4/c1-3-11-23-18-16(19(27)24(12-4-2)20(23)28)21-17(22-18)14-8-5-13(6-9-14)7-10-15(25)26/h5-6,8-9H,3-4,7,10-12H2,1-2H3,(H,21,22)(H,25,26). The third-order valence-corrected chi connectivity index (χ3v) is 4.61. The van der Waals surface area contributed by atoms with Gasteiger partial charge in [0, 0.05) is 25.1 Å². The Morgan fingerprint density at radius 1 is 1.07 bits per heavy atom. The fraction of sp³-hybridized carbons (Fsp3) is 0.400. The highest BCUT2D eigenvalue weighted by Gasteiger charge is 2.17. The summed E-state index contributed by atoms with van der Waals surface area (Å²) in [4.78, 5) is 43.8. The number of carboxylic acids is 1. The molecule has 148 valence electrons. The highest BCUT2D eigenvalue weighted by Crippen LogP contribution is 2.19. The average molecular weight is 384 g/mol. The SMILES string of the molecule is CCCn1c(=O)c2[nH]c(-c3ccc(CCC(=O)O)cc3)nc2n(CCC)c1=O. The average Bonchev–Trinajstić information content (AvgIpc) is 3.13. The van der Waals surface area contributed by atoms with Crippen LogP contribution in [0.4, 0.5) is 0 Å². The number of carbonyl (C=O) groups is 1. The van der Waals surface area contributed by atoms with Crippen LogP contribution in [0, 0.1) is 0 Å². The second-order valence-corrected chi connectivity index (χ2v) is 6.77. The quantitative estimate of drug-likeness (QED) is 0.620. The van der Waals surface area contributed by atoms with Crippen molar-refractivity contribution in [1.82, 2.24) is 19.1 Å². The van der Waals surface area contributed by atoms with Crippen LogP contribution in [0.1, 0.15) is 38.7 Å². The molecule has 8 heteroatoms. The van der Waals surface area contributed by atoms with Crippen LogP contribution >= 0.6 is 0 Å². The van der Waals surface area contributed by atoms with Crippen molar-refractivity contribution < 1.29 is 9.90 Å². The molecule has 0 aliphatic rings. The van der Waals surface area contributed by atoms with Crippen LogP contribution in [0.3, 0.4) is 0 Å². The summed E-state index contributed by atoms with van der Waals surface area (Å²) in [6.07, 6.45) is 1.96. The number of nitrogens with zero attached hydrogens (tertiary/aromatic N) is 3. The van der Waals surface area contributed by atoms with Crippen molar-refractivity contribution in [2.24, 2.45) is 0 Å². The van der Waals surface area contributed by atoms with Crippen LogP contribution < -0.4 is 11.2 Å². The molecule has 0 aliphatic carbocycles. The largest absolute Gasteiger partial charge is 0.481 e. The van der Waals surface area contributed by atoms with E-state index in [0.29, 0.717) is 42.9 Å². The molecule has 1 aromatic carbocycles. The Morgan fingerprint density at radius 3 is 2.32 bits per heavy atom. The number of benzene rings is 1. The number of imidazole rings is 1. The van der Waals surface area contributed by atoms with Crippen molar-refractivity contribution in [3.05, 3.63) is 50.7 Å². The zero-order chi connectivity index (χ0) is 20.3. The Morgan fingerprint density at radius 2 is 1.71 bits per heavy atom. The molecule has 0 bridgehead atoms. The first-order valence-corrected chi connectivity index (χ1v) is 9.50. The maximum absolute atomic E-state index is 12.8. The van der Waals surface area contributed by atoms with Gasteiger partial charge in [0.25, 0.3) is 5.56 Å². The van der Waals surface area contributed by atoms with E-state index in [1.807, 2.05) is 38.1 Å². The first-order chi connectivity index (χ1) is 13.5. The van der Waals surface area contributed by atoms with Gasteiger partial charge in [-0.25, -0.2) is 9.78 Å². The molecular weight excluding hydrogens is 360 g/mol. The third-order valence-electron chi connectivity index (χ3n) is 4.61. The zero-order valence-corrected chi connectivity index (χ0v) is 16.1. The van der Waals surface area contributed by atoms with Gasteiger partial charge >= 0.3 is 11.7 Å². The molecule has 28 heavy (non-hydrogen) atoms. The summed E-state index contributed by atoms with van der Waals surface area (Å²) in [6, 6.07) is 7.36. The number of carboxylic acid groups (broad SMARTS) is 1. The van der Waals surface area contributed by atoms with Gasteiger partial charge < -0.3 is 10.1 Å². The molecule has 3 aromatic rings. The molecule has 2 heterocycles. The van der Waals surface area contributed by atoms with E-state index in [2.05, 4.69) is 9.97 Å². The molecule has 0 unspecified atom stereocenters. The highest BCUT2D eigenvalue weighted by molar-refractivity contribution is 5.75. The predicted molar refractivity (Wildman–Crippen MR) is 107 cm³/mol. The molecule has 3 rings (SSSR count). The molecule has 0 radical (unpaired) electrons. The normalized spacial score (nSPS) is 11.2. The monoisotopic (exact) mass is 384 g/mol. The highest BCUT2D eigenvalue weighted by atomic mass is 16.4. The number of H-pyrrole nitrogens is 1. The van der Waals surface area contributed by atoms with E-state index in [0.717, 1.165) is 17.5 Å². The van der Waals surface area contributed by atoms with E-state index in [9.17, 15) is 14.4 Å². The van der Waals surface area contributed by atoms with Gasteiger partial charge in [0.15, 0.2) is 5.65 Å². The number of nitrogens with one attached hydrogen (secondary N) is 1. The van der Waals surface area contributed by atoms with Gasteiger partial charge in [-0.2, -0.15) is 0 Å².